The third-order valence-electron chi connectivity index (χ3n) is 1.67. The van der Waals surface area contributed by atoms with Crippen LogP contribution < -0.4 is 0 Å². The van der Waals surface area contributed by atoms with E-state index in [1.165, 1.54) is 0 Å². The van der Waals surface area contributed by atoms with Crippen LogP contribution in [0.4, 0.5) is 0 Å². The number of rotatable bonds is 3. The molecule has 1 atom stereocenters. The smallest absolute Gasteiger partial charge is 0.308 e. The van der Waals surface area contributed by atoms with Gasteiger partial charge in [-0.3, -0.25) is 4.79 Å². The van der Waals surface area contributed by atoms with Crippen molar-refractivity contribution in [2.75, 3.05) is 0 Å². The fourth-order valence-electron chi connectivity index (χ4n) is 0.966. The van der Waals surface area contributed by atoms with Crippen molar-refractivity contribution in [1.29, 1.82) is 0 Å². The van der Waals surface area contributed by atoms with E-state index < -0.39 is 5.97 Å². The SMILES string of the molecule is Cc1cn(CC(C)C(=O)O)cn1. The first-order valence-electron chi connectivity index (χ1n) is 3.81. The molecule has 0 aliphatic carbocycles. The fraction of sp³-hybridized carbons (Fsp3) is 0.500. The molecular formula is C8H12N2O2. The van der Waals surface area contributed by atoms with Gasteiger partial charge in [-0.05, 0) is 6.92 Å². The predicted octanol–water partition coefficient (Wildman–Crippen LogP) is 0.912. The number of imidazole rings is 1. The second kappa shape index (κ2) is 3.38. The second-order valence-electron chi connectivity index (χ2n) is 2.95. The highest BCUT2D eigenvalue weighted by Gasteiger charge is 2.10. The Balaban J connectivity index is 2.58. The van der Waals surface area contributed by atoms with E-state index in [9.17, 15) is 4.79 Å². The third kappa shape index (κ3) is 2.08. The van der Waals surface area contributed by atoms with Crippen LogP contribution in [0.1, 0.15) is 12.6 Å². The van der Waals surface area contributed by atoms with Gasteiger partial charge in [-0.2, -0.15) is 0 Å². The minimum absolute atomic E-state index is 0.362. The Hall–Kier alpha value is -1.32. The molecule has 1 N–H and O–H groups in total. The highest BCUT2D eigenvalue weighted by atomic mass is 16.4. The quantitative estimate of drug-likeness (QED) is 0.729. The first-order chi connectivity index (χ1) is 5.59. The van der Waals surface area contributed by atoms with Crippen molar-refractivity contribution in [3.8, 4) is 0 Å². The zero-order valence-electron chi connectivity index (χ0n) is 7.19. The van der Waals surface area contributed by atoms with E-state index in [1.807, 2.05) is 13.1 Å². The Morgan fingerprint density at radius 3 is 2.92 bits per heavy atom. The molecule has 1 heterocycles. The molecule has 0 saturated carbocycles. The van der Waals surface area contributed by atoms with Crippen molar-refractivity contribution in [2.45, 2.75) is 20.4 Å². The summed E-state index contributed by atoms with van der Waals surface area (Å²) in [5.74, 6) is -1.14. The number of nitrogens with zero attached hydrogens (tertiary/aromatic N) is 2. The third-order valence-corrected chi connectivity index (χ3v) is 1.67. The van der Waals surface area contributed by atoms with Crippen molar-refractivity contribution in [3.63, 3.8) is 0 Å². The van der Waals surface area contributed by atoms with Crippen molar-refractivity contribution in [3.05, 3.63) is 18.2 Å². The van der Waals surface area contributed by atoms with Crippen molar-refractivity contribution < 1.29 is 9.90 Å². The molecular weight excluding hydrogens is 156 g/mol. The number of carboxylic acid groups (broad SMARTS) is 1. The van der Waals surface area contributed by atoms with Crippen LogP contribution in [0.15, 0.2) is 12.5 Å². The summed E-state index contributed by atoms with van der Waals surface area (Å²) in [4.78, 5) is 14.5. The minimum atomic E-state index is -0.777. The zero-order valence-corrected chi connectivity index (χ0v) is 7.19. The standard InChI is InChI=1S/C8H12N2O2/c1-6(8(11)12)3-10-4-7(2)9-5-10/h4-6H,3H2,1-2H3,(H,11,12). The van der Waals surface area contributed by atoms with Crippen molar-refractivity contribution in [1.82, 2.24) is 9.55 Å². The van der Waals surface area contributed by atoms with E-state index in [1.54, 1.807) is 17.8 Å². The van der Waals surface area contributed by atoms with Gasteiger partial charge in [0.05, 0.1) is 17.9 Å². The maximum Gasteiger partial charge on any atom is 0.308 e. The molecule has 0 bridgehead atoms. The van der Waals surface area contributed by atoms with Gasteiger partial charge in [0, 0.05) is 12.7 Å². The highest BCUT2D eigenvalue weighted by molar-refractivity contribution is 5.69. The largest absolute Gasteiger partial charge is 0.481 e. The van der Waals surface area contributed by atoms with E-state index in [0.717, 1.165) is 5.69 Å². The Morgan fingerprint density at radius 1 is 1.83 bits per heavy atom. The summed E-state index contributed by atoms with van der Waals surface area (Å²) in [5, 5.41) is 8.62. The summed E-state index contributed by atoms with van der Waals surface area (Å²) in [5.41, 5.74) is 0.910. The van der Waals surface area contributed by atoms with E-state index in [-0.39, 0.29) is 5.92 Å². The first kappa shape index (κ1) is 8.77. The van der Waals surface area contributed by atoms with Crippen LogP contribution in [0.5, 0.6) is 0 Å². The maximum absolute atomic E-state index is 10.5. The predicted molar refractivity (Wildman–Crippen MR) is 43.8 cm³/mol. The molecule has 0 spiro atoms. The fourth-order valence-corrected chi connectivity index (χ4v) is 0.966. The summed E-state index contributed by atoms with van der Waals surface area (Å²) < 4.78 is 1.79. The Kier molecular flexibility index (Phi) is 2.47. The van der Waals surface area contributed by atoms with Gasteiger partial charge in [-0.15, -0.1) is 0 Å². The number of carbonyl (C=O) groups is 1. The normalized spacial score (nSPS) is 12.8. The number of aromatic nitrogens is 2. The van der Waals surface area contributed by atoms with Crippen LogP contribution in [-0.2, 0) is 11.3 Å². The molecule has 0 amide bonds. The molecule has 0 aliphatic heterocycles. The molecule has 4 heteroatoms. The molecule has 1 aromatic heterocycles. The number of hydrogen-bond acceptors (Lipinski definition) is 2. The average molecular weight is 168 g/mol. The van der Waals surface area contributed by atoms with Crippen LogP contribution in [0, 0.1) is 12.8 Å². The molecule has 0 aliphatic rings. The molecule has 0 aromatic carbocycles. The highest BCUT2D eigenvalue weighted by Crippen LogP contribution is 2.01. The molecule has 0 saturated heterocycles. The van der Waals surface area contributed by atoms with Crippen molar-refractivity contribution >= 4 is 5.97 Å². The number of aryl methyl sites for hydroxylation is 1. The van der Waals surface area contributed by atoms with E-state index >= 15 is 0 Å². The van der Waals surface area contributed by atoms with Gasteiger partial charge in [0.2, 0.25) is 0 Å². The molecule has 4 nitrogen and oxygen atoms in total. The van der Waals surface area contributed by atoms with Gasteiger partial charge in [-0.1, -0.05) is 6.92 Å². The van der Waals surface area contributed by atoms with Crippen LogP contribution in [0.3, 0.4) is 0 Å². The summed E-state index contributed by atoms with van der Waals surface area (Å²) in [6, 6.07) is 0. The molecule has 12 heavy (non-hydrogen) atoms. The lowest BCUT2D eigenvalue weighted by Crippen LogP contribution is -2.15. The summed E-state index contributed by atoms with van der Waals surface area (Å²) in [6.45, 7) is 4.04. The number of aliphatic carboxylic acids is 1. The lowest BCUT2D eigenvalue weighted by atomic mass is 10.2. The Labute approximate surface area is 70.9 Å². The van der Waals surface area contributed by atoms with Gasteiger partial charge < -0.3 is 9.67 Å². The summed E-state index contributed by atoms with van der Waals surface area (Å²) in [6.07, 6.45) is 3.48. The van der Waals surface area contributed by atoms with Gasteiger partial charge >= 0.3 is 5.97 Å². The number of hydrogen-bond donors (Lipinski definition) is 1. The van der Waals surface area contributed by atoms with E-state index in [2.05, 4.69) is 4.98 Å². The molecule has 0 fully saturated rings. The van der Waals surface area contributed by atoms with Gasteiger partial charge in [0.1, 0.15) is 0 Å². The average Bonchev–Trinajstić information content (AvgIpc) is 2.35. The molecule has 1 rings (SSSR count). The van der Waals surface area contributed by atoms with Crippen LogP contribution in [0.25, 0.3) is 0 Å². The number of carboxylic acids is 1. The van der Waals surface area contributed by atoms with Gasteiger partial charge in [0.15, 0.2) is 0 Å². The molecule has 0 radical (unpaired) electrons. The van der Waals surface area contributed by atoms with Crippen LogP contribution >= 0.6 is 0 Å². The monoisotopic (exact) mass is 168 g/mol. The molecule has 66 valence electrons. The van der Waals surface area contributed by atoms with Crippen LogP contribution in [-0.4, -0.2) is 20.6 Å². The summed E-state index contributed by atoms with van der Waals surface area (Å²) in [7, 11) is 0. The van der Waals surface area contributed by atoms with Gasteiger partial charge in [-0.25, -0.2) is 4.98 Å². The topological polar surface area (TPSA) is 55.1 Å². The minimum Gasteiger partial charge on any atom is -0.481 e. The van der Waals surface area contributed by atoms with Gasteiger partial charge in [0.25, 0.3) is 0 Å². The van der Waals surface area contributed by atoms with Crippen LogP contribution in [0.2, 0.25) is 0 Å². The molecule has 1 aromatic rings. The molecule has 1 unspecified atom stereocenters. The summed E-state index contributed by atoms with van der Waals surface area (Å²) >= 11 is 0. The lowest BCUT2D eigenvalue weighted by Gasteiger charge is -2.05. The van der Waals surface area contributed by atoms with Crippen molar-refractivity contribution in [2.24, 2.45) is 5.92 Å². The van der Waals surface area contributed by atoms with E-state index in [0.29, 0.717) is 6.54 Å². The zero-order chi connectivity index (χ0) is 9.14. The first-order valence-corrected chi connectivity index (χ1v) is 3.81. The lowest BCUT2D eigenvalue weighted by molar-refractivity contribution is -0.141. The Morgan fingerprint density at radius 2 is 2.50 bits per heavy atom. The second-order valence-corrected chi connectivity index (χ2v) is 2.95. The Bertz CT molecular complexity index is 280. The maximum atomic E-state index is 10.5. The van der Waals surface area contributed by atoms with E-state index in [4.69, 9.17) is 5.11 Å².